The molecule has 0 aromatic carbocycles. The number of hydrogen-bond acceptors (Lipinski definition) is 4. The van der Waals surface area contributed by atoms with Crippen LogP contribution in [0.4, 0.5) is 0 Å². The van der Waals surface area contributed by atoms with E-state index < -0.39 is 16.1 Å². The first-order valence-electron chi connectivity index (χ1n) is 9.03. The lowest BCUT2D eigenvalue weighted by Gasteiger charge is -2.34. The number of carbonyl (C=O) groups excluding carboxylic acids is 1. The molecule has 0 atom stereocenters. The highest BCUT2D eigenvalue weighted by Gasteiger charge is 2.34. The summed E-state index contributed by atoms with van der Waals surface area (Å²) in [5, 5.41) is 0. The fraction of sp³-hybridized carbons (Fsp3) is 0.750. The van der Waals surface area contributed by atoms with E-state index in [4.69, 9.17) is 5.73 Å². The number of rotatable bonds is 5. The molecule has 2 saturated heterocycles. The molecule has 2 aliphatic rings. The van der Waals surface area contributed by atoms with E-state index in [0.29, 0.717) is 39.0 Å². The zero-order valence-corrected chi connectivity index (χ0v) is 15.3. The summed E-state index contributed by atoms with van der Waals surface area (Å²) >= 11 is 0. The van der Waals surface area contributed by atoms with E-state index >= 15 is 0 Å². The summed E-state index contributed by atoms with van der Waals surface area (Å²) in [6.45, 7) is 2.36. The number of nitrogens with two attached hydrogens (primary N) is 1. The minimum atomic E-state index is -3.36. The number of hydrogen-bond donors (Lipinski definition) is 1. The smallest absolute Gasteiger partial charge is 0.281 e. The lowest BCUT2D eigenvalue weighted by molar-refractivity contribution is -0.118. The molecule has 9 heteroatoms. The van der Waals surface area contributed by atoms with Crippen LogP contribution < -0.4 is 5.73 Å². The normalized spacial score (nSPS) is 21.9. The van der Waals surface area contributed by atoms with Gasteiger partial charge in [-0.2, -0.15) is 17.0 Å². The largest absolute Gasteiger partial charge is 0.368 e. The summed E-state index contributed by atoms with van der Waals surface area (Å²) in [6, 6.07) is 0. The van der Waals surface area contributed by atoms with E-state index in [2.05, 4.69) is 4.98 Å². The maximum Gasteiger partial charge on any atom is 0.281 e. The Balaban J connectivity index is 1.63. The van der Waals surface area contributed by atoms with Crippen molar-refractivity contribution in [2.75, 3.05) is 26.2 Å². The number of primary amides is 1. The van der Waals surface area contributed by atoms with Crippen molar-refractivity contribution in [2.24, 2.45) is 5.73 Å². The second-order valence-electron chi connectivity index (χ2n) is 6.87. The Morgan fingerprint density at radius 2 is 1.68 bits per heavy atom. The van der Waals surface area contributed by atoms with E-state index in [9.17, 15) is 13.2 Å². The number of aromatic nitrogens is 2. The molecule has 0 spiro atoms. The van der Waals surface area contributed by atoms with Gasteiger partial charge in [-0.05, 0) is 25.7 Å². The topological polar surface area (TPSA) is 102 Å². The molecular weight excluding hydrogens is 342 g/mol. The predicted molar refractivity (Wildman–Crippen MR) is 93.9 cm³/mol. The van der Waals surface area contributed by atoms with E-state index in [1.807, 2.05) is 0 Å². The van der Waals surface area contributed by atoms with Crippen LogP contribution in [-0.2, 0) is 21.5 Å². The molecule has 1 aromatic heterocycles. The van der Waals surface area contributed by atoms with Gasteiger partial charge in [-0.15, -0.1) is 0 Å². The van der Waals surface area contributed by atoms with Crippen LogP contribution in [0.3, 0.4) is 0 Å². The Kier molecular flexibility index (Phi) is 5.75. The van der Waals surface area contributed by atoms with Crippen molar-refractivity contribution >= 4 is 16.1 Å². The molecule has 0 unspecified atom stereocenters. The fourth-order valence-electron chi connectivity index (χ4n) is 3.76. The standard InChI is InChI=1S/C16H27N5O3S/c17-15(22)13-19-12-7-18-16(19)14-5-10-21(11-6-14)25(23,24)20-8-3-1-2-4-9-20/h7,12,14H,1-6,8-11,13H2,(H2,17,22). The van der Waals surface area contributed by atoms with Crippen LogP contribution in [0.5, 0.6) is 0 Å². The van der Waals surface area contributed by atoms with Gasteiger partial charge >= 0.3 is 0 Å². The monoisotopic (exact) mass is 369 g/mol. The molecule has 1 aromatic rings. The second-order valence-corrected chi connectivity index (χ2v) is 8.80. The zero-order chi connectivity index (χ0) is 17.9. The Morgan fingerprint density at radius 1 is 1.08 bits per heavy atom. The minimum Gasteiger partial charge on any atom is -0.368 e. The molecule has 3 rings (SSSR count). The minimum absolute atomic E-state index is 0.113. The van der Waals surface area contributed by atoms with Gasteiger partial charge in [0, 0.05) is 44.5 Å². The van der Waals surface area contributed by atoms with Crippen LogP contribution in [0.2, 0.25) is 0 Å². The van der Waals surface area contributed by atoms with Crippen molar-refractivity contribution in [1.29, 1.82) is 0 Å². The molecular formula is C16H27N5O3S. The molecule has 3 heterocycles. The third kappa shape index (κ3) is 4.21. The third-order valence-corrected chi connectivity index (χ3v) is 7.15. The number of piperidine rings is 1. The predicted octanol–water partition coefficient (Wildman–Crippen LogP) is 0.669. The van der Waals surface area contributed by atoms with E-state index in [-0.39, 0.29) is 12.5 Å². The third-order valence-electron chi connectivity index (χ3n) is 5.11. The molecule has 1 amide bonds. The molecule has 2 aliphatic heterocycles. The molecule has 140 valence electrons. The highest BCUT2D eigenvalue weighted by atomic mass is 32.2. The summed E-state index contributed by atoms with van der Waals surface area (Å²) in [5.74, 6) is 0.580. The van der Waals surface area contributed by atoms with Gasteiger partial charge in [0.15, 0.2) is 0 Å². The summed E-state index contributed by atoms with van der Waals surface area (Å²) in [7, 11) is -3.36. The van der Waals surface area contributed by atoms with Gasteiger partial charge in [-0.25, -0.2) is 4.98 Å². The van der Waals surface area contributed by atoms with Crippen molar-refractivity contribution in [1.82, 2.24) is 18.2 Å². The van der Waals surface area contributed by atoms with Crippen molar-refractivity contribution < 1.29 is 13.2 Å². The number of nitrogens with zero attached hydrogens (tertiary/aromatic N) is 4. The Labute approximate surface area is 149 Å². The molecule has 8 nitrogen and oxygen atoms in total. The number of imidazole rings is 1. The van der Waals surface area contributed by atoms with Gasteiger partial charge < -0.3 is 10.3 Å². The van der Waals surface area contributed by atoms with Gasteiger partial charge in [0.2, 0.25) is 5.91 Å². The van der Waals surface area contributed by atoms with Crippen LogP contribution in [-0.4, -0.2) is 58.7 Å². The van der Waals surface area contributed by atoms with Crippen molar-refractivity contribution in [3.8, 4) is 0 Å². The van der Waals surface area contributed by atoms with Crippen molar-refractivity contribution in [3.05, 3.63) is 18.2 Å². The number of carbonyl (C=O) groups is 1. The Bertz CT molecular complexity index is 686. The molecule has 0 bridgehead atoms. The van der Waals surface area contributed by atoms with Crippen molar-refractivity contribution in [3.63, 3.8) is 0 Å². The second kappa shape index (κ2) is 7.84. The average Bonchev–Trinajstić information content (AvgIpc) is 2.85. The van der Waals surface area contributed by atoms with Gasteiger partial charge in [0.05, 0.1) is 0 Å². The zero-order valence-electron chi connectivity index (χ0n) is 14.5. The van der Waals surface area contributed by atoms with Crippen LogP contribution in [0.15, 0.2) is 12.4 Å². The maximum atomic E-state index is 12.9. The molecule has 0 saturated carbocycles. The molecule has 0 radical (unpaired) electrons. The van der Waals surface area contributed by atoms with E-state index in [1.54, 1.807) is 25.6 Å². The van der Waals surface area contributed by atoms with Crippen LogP contribution in [0, 0.1) is 0 Å². The SMILES string of the molecule is NC(=O)Cn1ccnc1C1CCN(S(=O)(=O)N2CCCCCC2)CC1. The Morgan fingerprint density at radius 3 is 2.28 bits per heavy atom. The van der Waals surface area contributed by atoms with Gasteiger partial charge in [-0.3, -0.25) is 4.79 Å². The van der Waals surface area contributed by atoms with Crippen LogP contribution in [0.1, 0.15) is 50.3 Å². The summed E-state index contributed by atoms with van der Waals surface area (Å²) in [5.41, 5.74) is 5.28. The van der Waals surface area contributed by atoms with E-state index in [1.165, 1.54) is 0 Å². The summed E-state index contributed by atoms with van der Waals surface area (Å²) in [6.07, 6.45) is 8.94. The highest BCUT2D eigenvalue weighted by Crippen LogP contribution is 2.29. The molecule has 25 heavy (non-hydrogen) atoms. The van der Waals surface area contributed by atoms with Crippen LogP contribution >= 0.6 is 0 Å². The average molecular weight is 369 g/mol. The van der Waals surface area contributed by atoms with Crippen molar-refractivity contribution in [2.45, 2.75) is 51.0 Å². The maximum absolute atomic E-state index is 12.9. The lowest BCUT2D eigenvalue weighted by atomic mass is 9.97. The quantitative estimate of drug-likeness (QED) is 0.824. The van der Waals surface area contributed by atoms with E-state index in [0.717, 1.165) is 31.5 Å². The molecule has 0 aliphatic carbocycles. The fourth-order valence-corrected chi connectivity index (χ4v) is 5.48. The lowest BCUT2D eigenvalue weighted by Crippen LogP contribution is -2.47. The van der Waals surface area contributed by atoms with Gasteiger partial charge in [0.1, 0.15) is 12.4 Å². The Hall–Kier alpha value is -1.45. The van der Waals surface area contributed by atoms with Gasteiger partial charge in [0.25, 0.3) is 10.2 Å². The first-order chi connectivity index (χ1) is 12.0. The summed E-state index contributed by atoms with van der Waals surface area (Å²) < 4.78 is 30.8. The highest BCUT2D eigenvalue weighted by molar-refractivity contribution is 7.86. The summed E-state index contributed by atoms with van der Waals surface area (Å²) in [4.78, 5) is 15.5. The molecule has 2 N–H and O–H groups in total. The first kappa shape index (κ1) is 18.3. The van der Waals surface area contributed by atoms with Gasteiger partial charge in [-0.1, -0.05) is 12.8 Å². The molecule has 2 fully saturated rings. The first-order valence-corrected chi connectivity index (χ1v) is 10.4. The van der Waals surface area contributed by atoms with Crippen LogP contribution in [0.25, 0.3) is 0 Å². The number of amides is 1.